The van der Waals surface area contributed by atoms with Gasteiger partial charge in [-0.05, 0) is 64.2 Å². The molecule has 3 N–H and O–H groups in total. The van der Waals surface area contributed by atoms with Crippen LogP contribution in [0.2, 0.25) is 0 Å². The molecular formula is C39H47F7N6O9S. The zero-order valence-corrected chi connectivity index (χ0v) is 35.1. The molecule has 4 amide bonds. The van der Waals surface area contributed by atoms with Crippen LogP contribution in [-0.4, -0.2) is 111 Å². The smallest absolute Gasteiger partial charge is 0.438 e. The summed E-state index contributed by atoms with van der Waals surface area (Å²) in [5.74, 6) is -8.33. The number of alkyl halides is 6. The molecule has 342 valence electrons. The Balaban J connectivity index is 1.47. The number of nitrogens with one attached hydrogen (secondary N) is 2. The Morgan fingerprint density at radius 3 is 2.31 bits per heavy atom. The maximum atomic E-state index is 15.1. The number of halogens is 7. The Kier molecular flexibility index (Phi) is 12.5. The molecule has 23 heteroatoms. The van der Waals surface area contributed by atoms with Gasteiger partial charge in [0.1, 0.15) is 29.3 Å². The van der Waals surface area contributed by atoms with Crippen molar-refractivity contribution in [2.24, 2.45) is 17.8 Å². The Bertz CT molecular complexity index is 2250. The van der Waals surface area contributed by atoms with Crippen LogP contribution in [0.3, 0.4) is 0 Å². The first-order chi connectivity index (χ1) is 28.7. The van der Waals surface area contributed by atoms with E-state index in [1.165, 1.54) is 0 Å². The molecule has 2 saturated carbocycles. The van der Waals surface area contributed by atoms with E-state index in [1.807, 2.05) is 4.72 Å². The molecule has 2 aliphatic carbocycles. The highest BCUT2D eigenvalue weighted by atomic mass is 32.2. The Hall–Kier alpha value is -4.96. The summed E-state index contributed by atoms with van der Waals surface area (Å²) in [4.78, 5) is 64.5. The van der Waals surface area contributed by atoms with Gasteiger partial charge in [0, 0.05) is 24.5 Å². The van der Waals surface area contributed by atoms with Crippen LogP contribution in [0.15, 0.2) is 24.3 Å². The molecule has 7 atom stereocenters. The molecular weight excluding hydrogens is 862 g/mol. The van der Waals surface area contributed by atoms with Crippen LogP contribution in [0.25, 0.3) is 11.0 Å². The standard InChI is InChI=1S/C39H47F7N6O9S/c1-6-20-13-19(2)9-7-8-10-21-17-37(21,34(55)50-62(58,59)23-11-12-23)49-31(53)27-14-22(18-51(27)33(54)29(20)52(35(56)57)36(3,4)39(44,45)46)61-32-30(38(41,42)43)47-25-15-24(40)28(60-5)16-26(25)48-32/h8,10,15-16,19-23,27,29H,6-7,9,11-14,17-18H2,1-5H3,(H,49,53)(H,50,55)(H,56,57)/b10-8-/t19-,20-,21-,22-,27+,29+,37-/m1/s1. The third kappa shape index (κ3) is 9.08. The molecule has 3 fully saturated rings. The number of carbonyl (C=O) groups excluding carboxylic acids is 3. The molecule has 6 rings (SSSR count). The van der Waals surface area contributed by atoms with Gasteiger partial charge >= 0.3 is 18.4 Å². The maximum absolute atomic E-state index is 15.1. The van der Waals surface area contributed by atoms with Gasteiger partial charge in [-0.15, -0.1) is 0 Å². The van der Waals surface area contributed by atoms with Crippen LogP contribution in [0.1, 0.15) is 84.8 Å². The number of sulfonamides is 1. The number of carboxylic acid groups (broad SMARTS) is 1. The molecule has 0 radical (unpaired) electrons. The number of ether oxygens (including phenoxy) is 2. The predicted molar refractivity (Wildman–Crippen MR) is 204 cm³/mol. The van der Waals surface area contributed by atoms with E-state index >= 15 is 4.79 Å². The van der Waals surface area contributed by atoms with E-state index in [0.29, 0.717) is 45.6 Å². The fourth-order valence-corrected chi connectivity index (χ4v) is 9.66. The van der Waals surface area contributed by atoms with Crippen LogP contribution >= 0.6 is 0 Å². The number of fused-ring (bicyclic) bond motifs is 3. The van der Waals surface area contributed by atoms with Crippen molar-refractivity contribution in [3.8, 4) is 11.6 Å². The highest BCUT2D eigenvalue weighted by molar-refractivity contribution is 7.91. The first kappa shape index (κ1) is 46.5. The molecule has 0 unspecified atom stereocenters. The van der Waals surface area contributed by atoms with Gasteiger partial charge in [-0.25, -0.2) is 27.6 Å². The lowest BCUT2D eigenvalue weighted by Crippen LogP contribution is -2.66. The minimum absolute atomic E-state index is 0.00492. The van der Waals surface area contributed by atoms with Crippen LogP contribution in [-0.2, 0) is 30.6 Å². The number of allylic oxidation sites excluding steroid dienone is 1. The van der Waals surface area contributed by atoms with Gasteiger partial charge < -0.3 is 24.8 Å². The summed E-state index contributed by atoms with van der Waals surface area (Å²) < 4.78 is 141. The summed E-state index contributed by atoms with van der Waals surface area (Å²) in [6, 6.07) is -2.34. The van der Waals surface area contributed by atoms with Gasteiger partial charge in [-0.1, -0.05) is 32.4 Å². The first-order valence-corrected chi connectivity index (χ1v) is 21.5. The van der Waals surface area contributed by atoms with Crippen LogP contribution in [0.4, 0.5) is 35.5 Å². The minimum Gasteiger partial charge on any atom is -0.494 e. The third-order valence-electron chi connectivity index (χ3n) is 12.2. The van der Waals surface area contributed by atoms with E-state index in [4.69, 9.17) is 9.47 Å². The van der Waals surface area contributed by atoms with Gasteiger partial charge in [0.25, 0.3) is 5.91 Å². The first-order valence-electron chi connectivity index (χ1n) is 20.0. The average molecular weight is 909 g/mol. The second-order valence-corrected chi connectivity index (χ2v) is 18.9. The number of rotatable bonds is 9. The third-order valence-corrected chi connectivity index (χ3v) is 14.0. The highest BCUT2D eigenvalue weighted by Crippen LogP contribution is 2.47. The average Bonchev–Trinajstić information content (AvgIpc) is 4.09. The zero-order valence-electron chi connectivity index (χ0n) is 34.3. The van der Waals surface area contributed by atoms with Crippen molar-refractivity contribution in [1.82, 2.24) is 29.8 Å². The lowest BCUT2D eigenvalue weighted by molar-refractivity contribution is -0.222. The van der Waals surface area contributed by atoms with E-state index < -0.39 is 134 Å². The fourth-order valence-electron chi connectivity index (χ4n) is 8.29. The summed E-state index contributed by atoms with van der Waals surface area (Å²) in [5.41, 5.74) is -7.68. The second-order valence-electron chi connectivity index (χ2n) is 16.9. The number of amides is 4. The van der Waals surface area contributed by atoms with Crippen molar-refractivity contribution in [2.75, 3.05) is 13.7 Å². The summed E-state index contributed by atoms with van der Waals surface area (Å²) in [5, 5.41) is 12.2. The van der Waals surface area contributed by atoms with Crippen molar-refractivity contribution in [1.29, 1.82) is 0 Å². The second kappa shape index (κ2) is 16.6. The van der Waals surface area contributed by atoms with Gasteiger partial charge in [-0.2, -0.15) is 26.3 Å². The molecule has 1 aromatic carbocycles. The number of nitrogens with zero attached hydrogens (tertiary/aromatic N) is 4. The summed E-state index contributed by atoms with van der Waals surface area (Å²) in [7, 11) is -3.06. The van der Waals surface area contributed by atoms with Crippen molar-refractivity contribution < 1.29 is 72.9 Å². The Morgan fingerprint density at radius 2 is 1.73 bits per heavy atom. The molecule has 15 nitrogen and oxygen atoms in total. The Labute approximate surface area is 351 Å². The van der Waals surface area contributed by atoms with Crippen LogP contribution in [0.5, 0.6) is 11.6 Å². The van der Waals surface area contributed by atoms with E-state index in [0.717, 1.165) is 18.1 Å². The molecule has 4 aliphatic rings. The lowest BCUT2D eigenvalue weighted by Gasteiger charge is -2.46. The molecule has 1 saturated heterocycles. The molecule has 62 heavy (non-hydrogen) atoms. The quantitative estimate of drug-likeness (QED) is 0.206. The largest absolute Gasteiger partial charge is 0.494 e. The summed E-state index contributed by atoms with van der Waals surface area (Å²) in [6.45, 7) is 3.66. The van der Waals surface area contributed by atoms with Crippen LogP contribution in [0, 0.1) is 23.6 Å². The van der Waals surface area contributed by atoms with Gasteiger partial charge in [-0.3, -0.25) is 24.0 Å². The maximum Gasteiger partial charge on any atom is 0.438 e. The Morgan fingerprint density at radius 1 is 1.06 bits per heavy atom. The van der Waals surface area contributed by atoms with E-state index in [9.17, 15) is 58.6 Å². The molecule has 1 aromatic heterocycles. The van der Waals surface area contributed by atoms with Gasteiger partial charge in [0.15, 0.2) is 11.6 Å². The molecule has 3 heterocycles. The number of methoxy groups -OCH3 is 1. The summed E-state index contributed by atoms with van der Waals surface area (Å²) >= 11 is 0. The lowest BCUT2D eigenvalue weighted by atomic mass is 9.82. The van der Waals surface area contributed by atoms with Crippen molar-refractivity contribution in [2.45, 2.75) is 126 Å². The monoisotopic (exact) mass is 908 g/mol. The fraction of sp³-hybridized carbons (Fsp3) is 0.641. The number of hydrogen-bond donors (Lipinski definition) is 3. The molecule has 0 bridgehead atoms. The topological polar surface area (TPSA) is 197 Å². The van der Waals surface area contributed by atoms with E-state index in [2.05, 4.69) is 15.3 Å². The number of hydrogen-bond acceptors (Lipinski definition) is 10. The van der Waals surface area contributed by atoms with Gasteiger partial charge in [0.2, 0.25) is 33.4 Å². The normalized spacial score (nSPS) is 28.2. The number of benzene rings is 1. The minimum atomic E-state index is -5.26. The van der Waals surface area contributed by atoms with E-state index in [1.54, 1.807) is 26.0 Å². The van der Waals surface area contributed by atoms with Crippen LogP contribution < -0.4 is 19.5 Å². The molecule has 2 aromatic rings. The predicted octanol–water partition coefficient (Wildman–Crippen LogP) is 5.72. The molecule has 2 aliphatic heterocycles. The van der Waals surface area contributed by atoms with Crippen molar-refractivity contribution in [3.05, 3.63) is 35.8 Å². The zero-order chi connectivity index (χ0) is 45.9. The van der Waals surface area contributed by atoms with Crippen molar-refractivity contribution >= 4 is 44.9 Å². The summed E-state index contributed by atoms with van der Waals surface area (Å²) in [6.07, 6.45) is -10.3. The number of carbonyl (C=O) groups is 4. The van der Waals surface area contributed by atoms with Crippen molar-refractivity contribution in [3.63, 3.8) is 0 Å². The molecule has 0 spiro atoms. The SMILES string of the molecule is CC[C@@H]1C[C@H](C)CC/C=C\[C@@H]2C[C@@]2(C(=O)NS(=O)(=O)C2CC2)NC(=O)[C@@H]2C[C@@H](Oc3nc4cc(OC)c(F)cc4nc3C(F)(F)F)CN2C(=O)[C@H]1N(C(=O)O)C(C)(C)C(F)(F)F. The van der Waals surface area contributed by atoms with E-state index in [-0.39, 0.29) is 35.6 Å². The van der Waals surface area contributed by atoms with Gasteiger partial charge in [0.05, 0.1) is 29.9 Å². The number of aromatic nitrogens is 2. The highest BCUT2D eigenvalue weighted by Gasteiger charge is 2.63.